The van der Waals surface area contributed by atoms with Gasteiger partial charge in [-0.2, -0.15) is 0 Å². The van der Waals surface area contributed by atoms with Crippen LogP contribution in [0.3, 0.4) is 0 Å². The molecule has 7 nitrogen and oxygen atoms in total. The lowest BCUT2D eigenvalue weighted by Gasteiger charge is -2.07. The van der Waals surface area contributed by atoms with E-state index in [1.54, 1.807) is 0 Å². The lowest BCUT2D eigenvalue weighted by Crippen LogP contribution is -2.11. The smallest absolute Gasteiger partial charge is 0.303 e. The van der Waals surface area contributed by atoms with Crippen LogP contribution in [0.15, 0.2) is 12.2 Å². The van der Waals surface area contributed by atoms with Crippen molar-refractivity contribution in [3.63, 3.8) is 0 Å². The van der Waals surface area contributed by atoms with Gasteiger partial charge < -0.3 is 25.5 Å². The first-order valence-electron chi connectivity index (χ1n) is 17.8. The number of aliphatic hydroxyl groups excluding tert-OH is 3. The lowest BCUT2D eigenvalue weighted by atomic mass is 10.1. The second kappa shape index (κ2) is 42.7. The van der Waals surface area contributed by atoms with Crippen LogP contribution >= 0.6 is 0 Å². The fourth-order valence-electron chi connectivity index (χ4n) is 4.55. The van der Waals surface area contributed by atoms with E-state index in [1.165, 1.54) is 116 Å². The van der Waals surface area contributed by atoms with Gasteiger partial charge in [0.1, 0.15) is 0 Å². The molecular weight excluding hydrogens is 544 g/mol. The molecule has 7 heteroatoms. The van der Waals surface area contributed by atoms with E-state index in [9.17, 15) is 9.59 Å². The summed E-state index contributed by atoms with van der Waals surface area (Å²) in [6, 6.07) is 0. The first kappa shape index (κ1) is 46.0. The normalized spacial score (nSPS) is 10.8. The van der Waals surface area contributed by atoms with Crippen LogP contribution < -0.4 is 0 Å². The topological polar surface area (TPSA) is 135 Å². The lowest BCUT2D eigenvalue weighted by molar-refractivity contribution is -0.138. The van der Waals surface area contributed by atoms with Gasteiger partial charge in [0.2, 0.25) is 0 Å². The molecule has 0 aliphatic heterocycles. The Kier molecular flexibility index (Phi) is 45.7. The Morgan fingerprint density at radius 1 is 0.488 bits per heavy atom. The van der Waals surface area contributed by atoms with Gasteiger partial charge in [-0.25, -0.2) is 0 Å². The molecule has 0 aromatic rings. The molecule has 0 rings (SSSR count). The number of hydrogen-bond acceptors (Lipinski definition) is 5. The summed E-state index contributed by atoms with van der Waals surface area (Å²) < 4.78 is 0. The van der Waals surface area contributed by atoms with Crippen molar-refractivity contribution in [1.82, 2.24) is 0 Å². The van der Waals surface area contributed by atoms with Crippen LogP contribution in [0.2, 0.25) is 0 Å². The second-order valence-corrected chi connectivity index (χ2v) is 11.8. The van der Waals surface area contributed by atoms with Gasteiger partial charge >= 0.3 is 11.9 Å². The molecule has 0 aromatic carbocycles. The van der Waals surface area contributed by atoms with E-state index in [1.807, 2.05) is 0 Å². The third kappa shape index (κ3) is 50.5. The molecule has 258 valence electrons. The fraction of sp³-hybridized carbons (Fsp3) is 0.889. The average Bonchev–Trinajstić information content (AvgIpc) is 2.99. The van der Waals surface area contributed by atoms with E-state index in [4.69, 9.17) is 25.5 Å². The highest BCUT2D eigenvalue weighted by Gasteiger charge is 2.03. The molecule has 0 bridgehead atoms. The Morgan fingerprint density at radius 2 is 0.814 bits per heavy atom. The van der Waals surface area contributed by atoms with Gasteiger partial charge in [0, 0.05) is 38.6 Å². The minimum atomic E-state index is -0.664. The predicted octanol–water partition coefficient (Wildman–Crippen LogP) is 9.46. The predicted molar refractivity (Wildman–Crippen MR) is 181 cm³/mol. The Hall–Kier alpha value is -1.44. The van der Waals surface area contributed by atoms with Gasteiger partial charge in [0.05, 0.1) is 0 Å². The van der Waals surface area contributed by atoms with E-state index >= 15 is 0 Å². The first-order valence-corrected chi connectivity index (χ1v) is 17.8. The molecule has 0 aliphatic carbocycles. The van der Waals surface area contributed by atoms with Gasteiger partial charge in [-0.1, -0.05) is 129 Å². The highest BCUT2D eigenvalue weighted by atomic mass is 16.4. The second-order valence-electron chi connectivity index (χ2n) is 11.8. The van der Waals surface area contributed by atoms with Crippen LogP contribution in [0, 0.1) is 5.92 Å². The zero-order chi connectivity index (χ0) is 32.7. The molecule has 5 N–H and O–H groups in total. The highest BCUT2D eigenvalue weighted by Crippen LogP contribution is 2.11. The van der Waals surface area contributed by atoms with Crippen LogP contribution in [0.5, 0.6) is 0 Å². The van der Waals surface area contributed by atoms with Gasteiger partial charge in [0.15, 0.2) is 0 Å². The van der Waals surface area contributed by atoms with Crippen LogP contribution in [-0.4, -0.2) is 57.3 Å². The summed E-state index contributed by atoms with van der Waals surface area (Å²) in [5, 5.41) is 42.3. The van der Waals surface area contributed by atoms with Gasteiger partial charge in [-0.3, -0.25) is 9.59 Å². The van der Waals surface area contributed by atoms with E-state index in [0.29, 0.717) is 25.7 Å². The maximum Gasteiger partial charge on any atom is 0.303 e. The standard InChI is InChI=1S/C18H34O2.C12H24O2.C6H14O3/c1-2-3-4-5-6-7-8-9-10-11-12-13-14-15-16-17-18(19)20;1-2-3-4-5-6-7-8-9-10-11-12(13)14;7-3-1-2-6(4-8)5-9/h9-10H,2-8,11-17H2,1H3,(H,19,20);2-11H2,1H3,(H,13,14);6-9H,1-5H2/b10-9-;;. The average molecular weight is 617 g/mol. The molecule has 0 spiro atoms. The largest absolute Gasteiger partial charge is 0.481 e. The van der Waals surface area contributed by atoms with Crippen LogP contribution in [0.1, 0.15) is 181 Å². The molecule has 0 heterocycles. The van der Waals surface area contributed by atoms with E-state index in [-0.39, 0.29) is 25.7 Å². The molecule has 43 heavy (non-hydrogen) atoms. The number of hydrogen-bond donors (Lipinski definition) is 5. The number of carbonyl (C=O) groups is 2. The zero-order valence-electron chi connectivity index (χ0n) is 28.3. The summed E-state index contributed by atoms with van der Waals surface area (Å²) in [4.78, 5) is 20.5. The molecule has 0 fully saturated rings. The first-order chi connectivity index (χ1) is 20.9. The summed E-state index contributed by atoms with van der Waals surface area (Å²) in [6.07, 6.45) is 34.1. The summed E-state index contributed by atoms with van der Waals surface area (Å²) >= 11 is 0. The van der Waals surface area contributed by atoms with Crippen molar-refractivity contribution >= 4 is 11.9 Å². The maximum absolute atomic E-state index is 10.3. The van der Waals surface area contributed by atoms with Gasteiger partial charge in [-0.05, 0) is 51.4 Å². The quantitative estimate of drug-likeness (QED) is 0.0400. The highest BCUT2D eigenvalue weighted by molar-refractivity contribution is 5.66. The molecule has 0 radical (unpaired) electrons. The van der Waals surface area contributed by atoms with E-state index in [2.05, 4.69) is 26.0 Å². The monoisotopic (exact) mass is 617 g/mol. The summed E-state index contributed by atoms with van der Waals surface area (Å²) in [5.74, 6) is -1.37. The summed E-state index contributed by atoms with van der Waals surface area (Å²) in [7, 11) is 0. The Labute approximate surface area is 265 Å². The Morgan fingerprint density at radius 3 is 1.12 bits per heavy atom. The number of rotatable bonds is 30. The zero-order valence-corrected chi connectivity index (χ0v) is 28.3. The van der Waals surface area contributed by atoms with Crippen molar-refractivity contribution in [2.24, 2.45) is 5.92 Å². The minimum Gasteiger partial charge on any atom is -0.481 e. The molecule has 0 unspecified atom stereocenters. The number of aliphatic hydroxyl groups is 3. The molecule has 0 aliphatic rings. The minimum absolute atomic E-state index is 0.0104. The molecular formula is C36H72O7. The number of carboxylic acid groups (broad SMARTS) is 2. The number of allylic oxidation sites excluding steroid dienone is 2. The Balaban J connectivity index is -0.000000604. The molecule has 0 aromatic heterocycles. The number of unbranched alkanes of at least 4 members (excludes halogenated alkanes) is 19. The third-order valence-corrected chi connectivity index (χ3v) is 7.43. The summed E-state index contributed by atoms with van der Waals surface area (Å²) in [6.45, 7) is 4.64. The van der Waals surface area contributed by atoms with Crippen LogP contribution in [0.25, 0.3) is 0 Å². The van der Waals surface area contributed by atoms with Crippen molar-refractivity contribution in [3.05, 3.63) is 12.2 Å². The van der Waals surface area contributed by atoms with Crippen molar-refractivity contribution in [2.45, 2.75) is 181 Å². The van der Waals surface area contributed by atoms with Gasteiger partial charge in [-0.15, -0.1) is 0 Å². The molecule has 0 atom stereocenters. The van der Waals surface area contributed by atoms with E-state index < -0.39 is 11.9 Å². The molecule has 0 saturated carbocycles. The van der Waals surface area contributed by atoms with Crippen molar-refractivity contribution in [1.29, 1.82) is 0 Å². The van der Waals surface area contributed by atoms with E-state index in [0.717, 1.165) is 25.7 Å². The van der Waals surface area contributed by atoms with Crippen LogP contribution in [-0.2, 0) is 9.59 Å². The fourth-order valence-corrected chi connectivity index (χ4v) is 4.55. The summed E-state index contributed by atoms with van der Waals surface area (Å²) in [5.41, 5.74) is 0. The third-order valence-electron chi connectivity index (χ3n) is 7.43. The Bertz CT molecular complexity index is 562. The number of aliphatic carboxylic acids is 2. The van der Waals surface area contributed by atoms with Crippen molar-refractivity contribution in [2.75, 3.05) is 19.8 Å². The SMILES string of the molecule is CCCCCCCC/C=C\CCCCCCCC(=O)O.CCCCCCCCCCCC(=O)O.OCCCC(CO)CO. The number of carboxylic acids is 2. The maximum atomic E-state index is 10.3. The van der Waals surface area contributed by atoms with Crippen molar-refractivity contribution < 1.29 is 35.1 Å². The molecule has 0 amide bonds. The van der Waals surface area contributed by atoms with Crippen LogP contribution in [0.4, 0.5) is 0 Å². The van der Waals surface area contributed by atoms with Crippen molar-refractivity contribution in [3.8, 4) is 0 Å². The van der Waals surface area contributed by atoms with Gasteiger partial charge in [0.25, 0.3) is 0 Å². The molecule has 0 saturated heterocycles.